The third-order valence-corrected chi connectivity index (χ3v) is 2.61. The zero-order valence-electron chi connectivity index (χ0n) is 10.4. The third kappa shape index (κ3) is 4.88. The predicted molar refractivity (Wildman–Crippen MR) is 70.5 cm³/mol. The fourth-order valence-electron chi connectivity index (χ4n) is 1.57. The molecular formula is C12H20ClN3O. The van der Waals surface area contributed by atoms with Crippen LogP contribution in [-0.2, 0) is 0 Å². The number of aromatic nitrogens is 2. The maximum absolute atomic E-state index is 9.33. The van der Waals surface area contributed by atoms with Crippen molar-refractivity contribution in [3.8, 4) is 0 Å². The van der Waals surface area contributed by atoms with E-state index in [0.29, 0.717) is 5.15 Å². The molecule has 0 bridgehead atoms. The van der Waals surface area contributed by atoms with Gasteiger partial charge in [-0.15, -0.1) is 10.2 Å². The van der Waals surface area contributed by atoms with Gasteiger partial charge in [0.2, 0.25) is 0 Å². The molecule has 1 aromatic heterocycles. The number of hydrogen-bond acceptors (Lipinski definition) is 4. The van der Waals surface area contributed by atoms with Crippen LogP contribution in [0.3, 0.4) is 0 Å². The summed E-state index contributed by atoms with van der Waals surface area (Å²) in [6, 6.07) is 3.59. The van der Waals surface area contributed by atoms with Crippen molar-refractivity contribution in [2.75, 3.05) is 18.0 Å². The van der Waals surface area contributed by atoms with Gasteiger partial charge in [0.1, 0.15) is 0 Å². The van der Waals surface area contributed by atoms with Crippen molar-refractivity contribution in [3.05, 3.63) is 17.3 Å². The predicted octanol–water partition coefficient (Wildman–Crippen LogP) is 2.51. The summed E-state index contributed by atoms with van der Waals surface area (Å²) in [5.74, 6) is 0.835. The summed E-state index contributed by atoms with van der Waals surface area (Å²) >= 11 is 5.64. The second-order valence-electron chi connectivity index (χ2n) is 4.14. The molecule has 0 saturated carbocycles. The van der Waals surface area contributed by atoms with Crippen LogP contribution in [0.5, 0.6) is 0 Å². The summed E-state index contributed by atoms with van der Waals surface area (Å²) in [7, 11) is 0. The molecule has 1 aliphatic heterocycles. The summed E-state index contributed by atoms with van der Waals surface area (Å²) in [5, 5.41) is 17.5. The number of aliphatic hydroxyl groups excluding tert-OH is 1. The van der Waals surface area contributed by atoms with E-state index in [-0.39, 0.29) is 6.10 Å². The minimum absolute atomic E-state index is 0.161. The van der Waals surface area contributed by atoms with Gasteiger partial charge in [-0.05, 0) is 25.0 Å². The van der Waals surface area contributed by atoms with Crippen LogP contribution in [0.2, 0.25) is 5.15 Å². The highest BCUT2D eigenvalue weighted by molar-refractivity contribution is 6.29. The molecule has 4 nitrogen and oxygen atoms in total. The van der Waals surface area contributed by atoms with Crippen LogP contribution in [0.4, 0.5) is 5.82 Å². The van der Waals surface area contributed by atoms with Crippen molar-refractivity contribution in [1.82, 2.24) is 10.2 Å². The summed E-state index contributed by atoms with van der Waals surface area (Å²) < 4.78 is 0. The SMILES string of the molecule is CCC.OC1CCN(c2ccc(Cl)nn2)CC1. The molecule has 96 valence electrons. The van der Waals surface area contributed by atoms with Crippen molar-refractivity contribution < 1.29 is 5.11 Å². The van der Waals surface area contributed by atoms with Crippen LogP contribution in [-0.4, -0.2) is 34.5 Å². The van der Waals surface area contributed by atoms with E-state index < -0.39 is 0 Å². The maximum atomic E-state index is 9.33. The number of aliphatic hydroxyl groups is 1. The Kier molecular flexibility index (Phi) is 6.22. The van der Waals surface area contributed by atoms with Crippen LogP contribution in [0.25, 0.3) is 0 Å². The Morgan fingerprint density at radius 1 is 1.29 bits per heavy atom. The zero-order valence-corrected chi connectivity index (χ0v) is 11.2. The van der Waals surface area contributed by atoms with Crippen molar-refractivity contribution in [2.24, 2.45) is 0 Å². The number of nitrogens with zero attached hydrogens (tertiary/aromatic N) is 3. The quantitative estimate of drug-likeness (QED) is 0.840. The highest BCUT2D eigenvalue weighted by atomic mass is 35.5. The van der Waals surface area contributed by atoms with Gasteiger partial charge in [-0.25, -0.2) is 0 Å². The third-order valence-electron chi connectivity index (χ3n) is 2.41. The molecule has 2 heterocycles. The van der Waals surface area contributed by atoms with Gasteiger partial charge >= 0.3 is 0 Å². The lowest BCUT2D eigenvalue weighted by Crippen LogP contribution is -2.36. The fraction of sp³-hybridized carbons (Fsp3) is 0.667. The highest BCUT2D eigenvalue weighted by Gasteiger charge is 2.17. The number of halogens is 1. The first kappa shape index (κ1) is 14.2. The summed E-state index contributed by atoms with van der Waals surface area (Å²) in [5.41, 5.74) is 0. The average molecular weight is 258 g/mol. The van der Waals surface area contributed by atoms with Crippen molar-refractivity contribution in [1.29, 1.82) is 0 Å². The second kappa shape index (κ2) is 7.45. The Bertz CT molecular complexity index is 310. The molecule has 0 atom stereocenters. The van der Waals surface area contributed by atoms with Gasteiger partial charge in [0.25, 0.3) is 0 Å². The van der Waals surface area contributed by atoms with Gasteiger partial charge in [0.15, 0.2) is 11.0 Å². The Labute approximate surface area is 108 Å². The molecule has 1 saturated heterocycles. The topological polar surface area (TPSA) is 49.2 Å². The largest absolute Gasteiger partial charge is 0.393 e. The molecule has 2 rings (SSSR count). The molecule has 1 aliphatic rings. The zero-order chi connectivity index (χ0) is 12.7. The van der Waals surface area contributed by atoms with Crippen molar-refractivity contribution in [2.45, 2.75) is 39.2 Å². The molecule has 0 aromatic carbocycles. The van der Waals surface area contributed by atoms with Crippen LogP contribution in [0.15, 0.2) is 12.1 Å². The standard InChI is InChI=1S/C9H12ClN3O.C3H8/c10-8-1-2-9(12-11-8)13-5-3-7(14)4-6-13;1-3-2/h1-2,7,14H,3-6H2;3H2,1-2H3. The molecule has 0 radical (unpaired) electrons. The molecule has 1 fully saturated rings. The average Bonchev–Trinajstić information content (AvgIpc) is 2.32. The summed E-state index contributed by atoms with van der Waals surface area (Å²) in [6.45, 7) is 5.91. The number of hydrogen-bond donors (Lipinski definition) is 1. The molecule has 1 N–H and O–H groups in total. The minimum Gasteiger partial charge on any atom is -0.393 e. The monoisotopic (exact) mass is 257 g/mol. The number of rotatable bonds is 1. The Balaban J connectivity index is 0.000000437. The summed E-state index contributed by atoms with van der Waals surface area (Å²) in [4.78, 5) is 2.11. The van der Waals surface area contributed by atoms with Crippen LogP contribution in [0.1, 0.15) is 33.1 Å². The normalized spacial score (nSPS) is 16.4. The Morgan fingerprint density at radius 2 is 1.88 bits per heavy atom. The second-order valence-corrected chi connectivity index (χ2v) is 4.53. The summed E-state index contributed by atoms with van der Waals surface area (Å²) in [6.07, 6.45) is 2.68. The van der Waals surface area contributed by atoms with E-state index in [9.17, 15) is 5.11 Å². The van der Waals surface area contributed by atoms with Crippen LogP contribution < -0.4 is 4.90 Å². The Morgan fingerprint density at radius 3 is 2.35 bits per heavy atom. The van der Waals surface area contributed by atoms with Crippen LogP contribution in [0, 0.1) is 0 Å². The fourth-order valence-corrected chi connectivity index (χ4v) is 1.67. The first-order valence-electron chi connectivity index (χ1n) is 6.09. The smallest absolute Gasteiger partial charge is 0.151 e. The Hall–Kier alpha value is -0.870. The molecule has 5 heteroatoms. The van der Waals surface area contributed by atoms with Gasteiger partial charge in [-0.2, -0.15) is 0 Å². The van der Waals surface area contributed by atoms with E-state index in [0.717, 1.165) is 31.7 Å². The molecule has 17 heavy (non-hydrogen) atoms. The van der Waals surface area contributed by atoms with Crippen molar-refractivity contribution in [3.63, 3.8) is 0 Å². The van der Waals surface area contributed by atoms with E-state index in [1.54, 1.807) is 6.07 Å². The van der Waals surface area contributed by atoms with E-state index in [1.165, 1.54) is 6.42 Å². The van der Waals surface area contributed by atoms with Crippen molar-refractivity contribution >= 4 is 17.4 Å². The molecule has 0 spiro atoms. The first-order chi connectivity index (χ1) is 8.17. The molecule has 0 amide bonds. The van der Waals surface area contributed by atoms with E-state index in [2.05, 4.69) is 28.9 Å². The first-order valence-corrected chi connectivity index (χ1v) is 6.47. The van der Waals surface area contributed by atoms with E-state index in [1.807, 2.05) is 6.07 Å². The van der Waals surface area contributed by atoms with Gasteiger partial charge in [0.05, 0.1) is 6.10 Å². The minimum atomic E-state index is -0.161. The van der Waals surface area contributed by atoms with Gasteiger partial charge < -0.3 is 10.0 Å². The molecule has 1 aromatic rings. The lowest BCUT2D eigenvalue weighted by molar-refractivity contribution is 0.145. The molecule has 0 unspecified atom stereocenters. The lowest BCUT2D eigenvalue weighted by Gasteiger charge is -2.29. The van der Waals surface area contributed by atoms with Gasteiger partial charge in [-0.1, -0.05) is 31.9 Å². The maximum Gasteiger partial charge on any atom is 0.151 e. The van der Waals surface area contributed by atoms with E-state index in [4.69, 9.17) is 11.6 Å². The highest BCUT2D eigenvalue weighted by Crippen LogP contribution is 2.17. The van der Waals surface area contributed by atoms with E-state index >= 15 is 0 Å². The van der Waals surface area contributed by atoms with Gasteiger partial charge in [-0.3, -0.25) is 0 Å². The molecule has 0 aliphatic carbocycles. The molecular weight excluding hydrogens is 238 g/mol. The number of anilines is 1. The van der Waals surface area contributed by atoms with Gasteiger partial charge in [0, 0.05) is 13.1 Å². The van der Waals surface area contributed by atoms with Crippen LogP contribution >= 0.6 is 11.6 Å². The lowest BCUT2D eigenvalue weighted by atomic mass is 10.1. The number of piperidine rings is 1.